The highest BCUT2D eigenvalue weighted by Gasteiger charge is 2.16. The molecule has 5 nitrogen and oxygen atoms in total. The average molecular weight is 397 g/mol. The summed E-state index contributed by atoms with van der Waals surface area (Å²) in [5.74, 6) is -0.207. The lowest BCUT2D eigenvalue weighted by molar-refractivity contribution is -0.115. The third-order valence-electron chi connectivity index (χ3n) is 3.29. The molecule has 0 aromatic heterocycles. The minimum atomic E-state index is -3.40. The van der Waals surface area contributed by atoms with Crippen LogP contribution >= 0.6 is 15.9 Å². The number of carbonyl (C=O) groups excluding carboxylic acids is 1. The Bertz CT molecular complexity index is 804. The molecule has 122 valence electrons. The fourth-order valence-corrected chi connectivity index (χ4v) is 2.80. The summed E-state index contributed by atoms with van der Waals surface area (Å²) in [6, 6.07) is 14.3. The second-order valence-electron chi connectivity index (χ2n) is 5.10. The third kappa shape index (κ3) is 4.80. The molecule has 0 saturated carbocycles. The van der Waals surface area contributed by atoms with Crippen molar-refractivity contribution >= 4 is 43.2 Å². The third-order valence-corrected chi connectivity index (χ3v) is 5.01. The smallest absolute Gasteiger partial charge is 0.232 e. The van der Waals surface area contributed by atoms with Crippen LogP contribution in [0, 0.1) is 0 Å². The van der Waals surface area contributed by atoms with Crippen LogP contribution in [0.15, 0.2) is 53.0 Å². The number of rotatable bonds is 5. The molecule has 2 aromatic carbocycles. The van der Waals surface area contributed by atoms with Crippen molar-refractivity contribution in [2.45, 2.75) is 6.42 Å². The Morgan fingerprint density at radius 3 is 2.35 bits per heavy atom. The maximum Gasteiger partial charge on any atom is 0.232 e. The SMILES string of the molecule is CN(c1ccccc1NC(=O)Cc1ccc(Br)cc1)S(C)(=O)=O. The minimum absolute atomic E-state index is 0.207. The number of amides is 1. The first kappa shape index (κ1) is 17.5. The number of hydrogen-bond donors (Lipinski definition) is 1. The molecule has 1 N–H and O–H groups in total. The Hall–Kier alpha value is -1.86. The van der Waals surface area contributed by atoms with Gasteiger partial charge in [0.25, 0.3) is 0 Å². The first-order valence-corrected chi connectivity index (χ1v) is 9.49. The van der Waals surface area contributed by atoms with E-state index < -0.39 is 10.0 Å². The summed E-state index contributed by atoms with van der Waals surface area (Å²) in [5, 5.41) is 2.77. The van der Waals surface area contributed by atoms with E-state index in [2.05, 4.69) is 21.2 Å². The van der Waals surface area contributed by atoms with E-state index in [0.717, 1.165) is 20.6 Å². The molecule has 0 aliphatic rings. The summed E-state index contributed by atoms with van der Waals surface area (Å²) in [7, 11) is -1.95. The summed E-state index contributed by atoms with van der Waals surface area (Å²) in [6.07, 6.45) is 1.33. The predicted molar refractivity (Wildman–Crippen MR) is 96.2 cm³/mol. The number of carbonyl (C=O) groups is 1. The van der Waals surface area contributed by atoms with Crippen molar-refractivity contribution in [3.05, 3.63) is 58.6 Å². The van der Waals surface area contributed by atoms with Crippen LogP contribution in [0.2, 0.25) is 0 Å². The van der Waals surface area contributed by atoms with Gasteiger partial charge in [-0.2, -0.15) is 0 Å². The van der Waals surface area contributed by atoms with Crippen molar-refractivity contribution in [1.29, 1.82) is 0 Å². The highest BCUT2D eigenvalue weighted by atomic mass is 79.9. The molecular formula is C16H17BrN2O3S. The maximum absolute atomic E-state index is 12.2. The number of nitrogens with zero attached hydrogens (tertiary/aromatic N) is 1. The van der Waals surface area contributed by atoms with E-state index in [1.165, 1.54) is 7.05 Å². The van der Waals surface area contributed by atoms with Crippen LogP contribution in [0.4, 0.5) is 11.4 Å². The van der Waals surface area contributed by atoms with Gasteiger partial charge in [-0.15, -0.1) is 0 Å². The number of halogens is 1. The molecule has 0 atom stereocenters. The van der Waals surface area contributed by atoms with Crippen molar-refractivity contribution in [2.75, 3.05) is 22.9 Å². The Morgan fingerprint density at radius 2 is 1.74 bits per heavy atom. The Morgan fingerprint density at radius 1 is 1.13 bits per heavy atom. The van der Waals surface area contributed by atoms with Gasteiger partial charge in [-0.05, 0) is 29.8 Å². The number of hydrogen-bond acceptors (Lipinski definition) is 3. The van der Waals surface area contributed by atoms with E-state index in [1.807, 2.05) is 24.3 Å². The van der Waals surface area contributed by atoms with Crippen LogP contribution in [0.5, 0.6) is 0 Å². The van der Waals surface area contributed by atoms with Crippen molar-refractivity contribution in [1.82, 2.24) is 0 Å². The lowest BCUT2D eigenvalue weighted by Gasteiger charge is -2.20. The van der Waals surface area contributed by atoms with Crippen molar-refractivity contribution in [3.8, 4) is 0 Å². The van der Waals surface area contributed by atoms with E-state index in [4.69, 9.17) is 0 Å². The molecule has 0 spiro atoms. The van der Waals surface area contributed by atoms with Crippen LogP contribution in [0.25, 0.3) is 0 Å². The van der Waals surface area contributed by atoms with Crippen LogP contribution in [0.3, 0.4) is 0 Å². The molecule has 1 amide bonds. The lowest BCUT2D eigenvalue weighted by atomic mass is 10.1. The van der Waals surface area contributed by atoms with Gasteiger partial charge in [0.2, 0.25) is 15.9 Å². The molecule has 0 fully saturated rings. The monoisotopic (exact) mass is 396 g/mol. The first-order chi connectivity index (χ1) is 10.8. The first-order valence-electron chi connectivity index (χ1n) is 6.84. The Balaban J connectivity index is 2.17. The molecule has 0 saturated heterocycles. The van der Waals surface area contributed by atoms with Crippen LogP contribution < -0.4 is 9.62 Å². The summed E-state index contributed by atoms with van der Waals surface area (Å²) in [6.45, 7) is 0. The molecule has 2 aromatic rings. The van der Waals surface area contributed by atoms with Gasteiger partial charge in [0, 0.05) is 11.5 Å². The molecule has 0 heterocycles. The van der Waals surface area contributed by atoms with Gasteiger partial charge in [0.15, 0.2) is 0 Å². The molecule has 0 aliphatic heterocycles. The lowest BCUT2D eigenvalue weighted by Crippen LogP contribution is -2.26. The maximum atomic E-state index is 12.2. The second kappa shape index (κ2) is 7.14. The minimum Gasteiger partial charge on any atom is -0.324 e. The van der Waals surface area contributed by atoms with Crippen LogP contribution in [0.1, 0.15) is 5.56 Å². The van der Waals surface area contributed by atoms with E-state index in [1.54, 1.807) is 24.3 Å². The summed E-state index contributed by atoms with van der Waals surface area (Å²) in [4.78, 5) is 12.2. The normalized spacial score (nSPS) is 11.1. The molecule has 0 radical (unpaired) electrons. The molecule has 2 rings (SSSR count). The summed E-state index contributed by atoms with van der Waals surface area (Å²) < 4.78 is 25.5. The van der Waals surface area contributed by atoms with E-state index in [0.29, 0.717) is 11.4 Å². The molecule has 23 heavy (non-hydrogen) atoms. The van der Waals surface area contributed by atoms with Gasteiger partial charge in [-0.25, -0.2) is 8.42 Å². The number of benzene rings is 2. The molecule has 0 bridgehead atoms. The summed E-state index contributed by atoms with van der Waals surface area (Å²) in [5.41, 5.74) is 1.77. The van der Waals surface area contributed by atoms with Gasteiger partial charge in [0.1, 0.15) is 0 Å². The van der Waals surface area contributed by atoms with Crippen molar-refractivity contribution in [3.63, 3.8) is 0 Å². The predicted octanol–water partition coefficient (Wildman–Crippen LogP) is 3.03. The van der Waals surface area contributed by atoms with Gasteiger partial charge >= 0.3 is 0 Å². The molecule has 0 unspecified atom stereocenters. The highest BCUT2D eigenvalue weighted by molar-refractivity contribution is 9.10. The topological polar surface area (TPSA) is 66.5 Å². The van der Waals surface area contributed by atoms with Crippen LogP contribution in [-0.2, 0) is 21.2 Å². The molecule has 7 heteroatoms. The number of para-hydroxylation sites is 2. The molecule has 0 aliphatic carbocycles. The Labute approximate surface area is 144 Å². The van der Waals surface area contributed by atoms with Crippen LogP contribution in [-0.4, -0.2) is 27.6 Å². The van der Waals surface area contributed by atoms with Gasteiger partial charge < -0.3 is 5.32 Å². The highest BCUT2D eigenvalue weighted by Crippen LogP contribution is 2.26. The van der Waals surface area contributed by atoms with Crippen molar-refractivity contribution < 1.29 is 13.2 Å². The fraction of sp³-hybridized carbons (Fsp3) is 0.188. The number of sulfonamides is 1. The number of nitrogens with one attached hydrogen (secondary N) is 1. The van der Waals surface area contributed by atoms with Crippen molar-refractivity contribution in [2.24, 2.45) is 0 Å². The fourth-order valence-electron chi connectivity index (χ4n) is 2.01. The standard InChI is InChI=1S/C16H17BrN2O3S/c1-19(23(2,21)22)15-6-4-3-5-14(15)18-16(20)11-12-7-9-13(17)10-8-12/h3-10H,11H2,1-2H3,(H,18,20). The second-order valence-corrected chi connectivity index (χ2v) is 8.03. The van der Waals surface area contributed by atoms with E-state index in [-0.39, 0.29) is 12.3 Å². The largest absolute Gasteiger partial charge is 0.324 e. The average Bonchev–Trinajstić information content (AvgIpc) is 2.48. The quantitative estimate of drug-likeness (QED) is 0.844. The van der Waals surface area contributed by atoms with E-state index in [9.17, 15) is 13.2 Å². The summed E-state index contributed by atoms with van der Waals surface area (Å²) >= 11 is 3.35. The number of anilines is 2. The van der Waals surface area contributed by atoms with Gasteiger partial charge in [-0.3, -0.25) is 9.10 Å². The van der Waals surface area contributed by atoms with Gasteiger partial charge in [0.05, 0.1) is 24.1 Å². The zero-order valence-corrected chi connectivity index (χ0v) is 15.2. The Kier molecular flexibility index (Phi) is 5.43. The van der Waals surface area contributed by atoms with E-state index >= 15 is 0 Å². The zero-order chi connectivity index (χ0) is 17.0. The molecular weight excluding hydrogens is 380 g/mol. The zero-order valence-electron chi connectivity index (χ0n) is 12.8. The van der Waals surface area contributed by atoms with Gasteiger partial charge in [-0.1, -0.05) is 40.2 Å².